The van der Waals surface area contributed by atoms with Gasteiger partial charge in [-0.2, -0.15) is 0 Å². The summed E-state index contributed by atoms with van der Waals surface area (Å²) in [6.07, 6.45) is -0.739. The lowest BCUT2D eigenvalue weighted by Crippen LogP contribution is -2.48. The van der Waals surface area contributed by atoms with E-state index in [1.54, 1.807) is 6.92 Å². The predicted molar refractivity (Wildman–Crippen MR) is 54.2 cm³/mol. The van der Waals surface area contributed by atoms with Gasteiger partial charge in [0.1, 0.15) is 6.61 Å². The highest BCUT2D eigenvalue weighted by molar-refractivity contribution is 5.73. The molecule has 1 aliphatic rings. The summed E-state index contributed by atoms with van der Waals surface area (Å²) in [5.41, 5.74) is 4.84. The standard InChI is InChI=1S/C9H17N3O3/c1-8(13)12-4-2-11(3-5-12)6-7-15-9(10)14/h2-7H2,1H3,(H2,10,14). The van der Waals surface area contributed by atoms with E-state index < -0.39 is 6.09 Å². The van der Waals surface area contributed by atoms with Crippen molar-refractivity contribution in [2.45, 2.75) is 6.92 Å². The monoisotopic (exact) mass is 215 g/mol. The van der Waals surface area contributed by atoms with Crippen LogP contribution in [0.4, 0.5) is 4.79 Å². The molecular weight excluding hydrogens is 198 g/mol. The van der Waals surface area contributed by atoms with Crippen molar-refractivity contribution in [1.29, 1.82) is 0 Å². The second-order valence-corrected chi connectivity index (χ2v) is 3.52. The molecule has 1 heterocycles. The SMILES string of the molecule is CC(=O)N1CCN(CCOC(N)=O)CC1. The van der Waals surface area contributed by atoms with E-state index in [1.165, 1.54) is 0 Å². The zero-order chi connectivity index (χ0) is 11.3. The Hall–Kier alpha value is -1.30. The van der Waals surface area contributed by atoms with Gasteiger partial charge in [-0.3, -0.25) is 9.69 Å². The van der Waals surface area contributed by atoms with Crippen LogP contribution in [0.3, 0.4) is 0 Å². The van der Waals surface area contributed by atoms with Gasteiger partial charge >= 0.3 is 6.09 Å². The van der Waals surface area contributed by atoms with Gasteiger partial charge in [-0.05, 0) is 0 Å². The summed E-state index contributed by atoms with van der Waals surface area (Å²) in [5, 5.41) is 0. The van der Waals surface area contributed by atoms with E-state index in [4.69, 9.17) is 5.73 Å². The van der Waals surface area contributed by atoms with Crippen LogP contribution in [0.15, 0.2) is 0 Å². The molecule has 1 aliphatic heterocycles. The number of carbonyl (C=O) groups is 2. The Morgan fingerprint density at radius 1 is 1.27 bits per heavy atom. The van der Waals surface area contributed by atoms with Crippen LogP contribution in [-0.4, -0.2) is 61.1 Å². The number of rotatable bonds is 3. The summed E-state index contributed by atoms with van der Waals surface area (Å²) in [6.45, 7) is 5.69. The van der Waals surface area contributed by atoms with Crippen molar-refractivity contribution in [2.24, 2.45) is 5.73 Å². The van der Waals surface area contributed by atoms with Crippen molar-refractivity contribution >= 4 is 12.0 Å². The highest BCUT2D eigenvalue weighted by atomic mass is 16.5. The first-order valence-corrected chi connectivity index (χ1v) is 4.99. The van der Waals surface area contributed by atoms with Crippen LogP contribution in [0.5, 0.6) is 0 Å². The van der Waals surface area contributed by atoms with Crippen molar-refractivity contribution in [3.8, 4) is 0 Å². The van der Waals surface area contributed by atoms with Crippen molar-refractivity contribution in [2.75, 3.05) is 39.3 Å². The van der Waals surface area contributed by atoms with E-state index in [9.17, 15) is 9.59 Å². The maximum Gasteiger partial charge on any atom is 0.404 e. The number of hydrogen-bond donors (Lipinski definition) is 1. The van der Waals surface area contributed by atoms with Gasteiger partial charge in [-0.1, -0.05) is 0 Å². The lowest BCUT2D eigenvalue weighted by Gasteiger charge is -2.33. The Labute approximate surface area is 88.9 Å². The van der Waals surface area contributed by atoms with Crippen LogP contribution < -0.4 is 5.73 Å². The molecule has 86 valence electrons. The van der Waals surface area contributed by atoms with Crippen LogP contribution in [0, 0.1) is 0 Å². The van der Waals surface area contributed by atoms with Crippen molar-refractivity contribution < 1.29 is 14.3 Å². The van der Waals surface area contributed by atoms with Gasteiger partial charge < -0.3 is 15.4 Å². The number of nitrogens with zero attached hydrogens (tertiary/aromatic N) is 2. The Morgan fingerprint density at radius 2 is 1.87 bits per heavy atom. The topological polar surface area (TPSA) is 75.9 Å². The maximum absolute atomic E-state index is 11.0. The largest absolute Gasteiger partial charge is 0.448 e. The van der Waals surface area contributed by atoms with Crippen LogP contribution in [0.1, 0.15) is 6.92 Å². The fourth-order valence-corrected chi connectivity index (χ4v) is 1.56. The van der Waals surface area contributed by atoms with Crippen LogP contribution in [0.25, 0.3) is 0 Å². The van der Waals surface area contributed by atoms with Gasteiger partial charge in [0.05, 0.1) is 0 Å². The number of carbonyl (C=O) groups excluding carboxylic acids is 2. The molecule has 0 spiro atoms. The molecule has 1 saturated heterocycles. The van der Waals surface area contributed by atoms with E-state index in [0.29, 0.717) is 13.2 Å². The molecule has 6 nitrogen and oxygen atoms in total. The van der Waals surface area contributed by atoms with Gasteiger partial charge in [0.15, 0.2) is 0 Å². The molecule has 0 atom stereocenters. The molecule has 0 aromatic rings. The number of piperazine rings is 1. The molecule has 0 radical (unpaired) electrons. The van der Waals surface area contributed by atoms with Crippen molar-refractivity contribution in [1.82, 2.24) is 9.80 Å². The first-order chi connectivity index (χ1) is 7.09. The minimum absolute atomic E-state index is 0.114. The Balaban J connectivity index is 2.14. The number of hydrogen-bond acceptors (Lipinski definition) is 4. The minimum atomic E-state index is -0.739. The van der Waals surface area contributed by atoms with Gasteiger partial charge in [0, 0.05) is 39.6 Å². The van der Waals surface area contributed by atoms with E-state index in [-0.39, 0.29) is 5.91 Å². The molecule has 6 heteroatoms. The molecule has 0 aromatic carbocycles. The highest BCUT2D eigenvalue weighted by Gasteiger charge is 2.17. The third-order valence-corrected chi connectivity index (χ3v) is 2.47. The highest BCUT2D eigenvalue weighted by Crippen LogP contribution is 2.01. The Bertz CT molecular complexity index is 234. The average Bonchev–Trinajstić information content (AvgIpc) is 2.18. The van der Waals surface area contributed by atoms with Crippen LogP contribution in [0.2, 0.25) is 0 Å². The molecule has 0 bridgehead atoms. The fourth-order valence-electron chi connectivity index (χ4n) is 1.56. The number of nitrogens with two attached hydrogens (primary N) is 1. The van der Waals surface area contributed by atoms with Gasteiger partial charge in [0.25, 0.3) is 0 Å². The normalized spacial score (nSPS) is 17.5. The first-order valence-electron chi connectivity index (χ1n) is 4.99. The smallest absolute Gasteiger partial charge is 0.404 e. The average molecular weight is 215 g/mol. The number of primary amides is 1. The molecule has 0 aromatic heterocycles. The summed E-state index contributed by atoms with van der Waals surface area (Å²) >= 11 is 0. The van der Waals surface area contributed by atoms with Gasteiger partial charge in [0.2, 0.25) is 5.91 Å². The third-order valence-electron chi connectivity index (χ3n) is 2.47. The molecule has 0 saturated carbocycles. The third kappa shape index (κ3) is 4.16. The van der Waals surface area contributed by atoms with Gasteiger partial charge in [-0.15, -0.1) is 0 Å². The molecule has 2 amide bonds. The van der Waals surface area contributed by atoms with Crippen molar-refractivity contribution in [3.05, 3.63) is 0 Å². The molecule has 1 rings (SSSR count). The fraction of sp³-hybridized carbons (Fsp3) is 0.778. The zero-order valence-corrected chi connectivity index (χ0v) is 8.94. The zero-order valence-electron chi connectivity index (χ0n) is 8.94. The Kier molecular flexibility index (Phi) is 4.36. The first kappa shape index (κ1) is 11.8. The Morgan fingerprint density at radius 3 is 2.33 bits per heavy atom. The minimum Gasteiger partial charge on any atom is -0.448 e. The molecule has 0 unspecified atom stereocenters. The lowest BCUT2D eigenvalue weighted by molar-refractivity contribution is -0.130. The molecular formula is C9H17N3O3. The van der Waals surface area contributed by atoms with Crippen LogP contribution >= 0.6 is 0 Å². The second kappa shape index (κ2) is 5.55. The molecule has 1 fully saturated rings. The van der Waals surface area contributed by atoms with Gasteiger partial charge in [-0.25, -0.2) is 4.79 Å². The number of ether oxygens (including phenoxy) is 1. The summed E-state index contributed by atoms with van der Waals surface area (Å²) in [4.78, 5) is 25.3. The van der Waals surface area contributed by atoms with Crippen molar-refractivity contribution in [3.63, 3.8) is 0 Å². The summed E-state index contributed by atoms with van der Waals surface area (Å²) in [7, 11) is 0. The lowest BCUT2D eigenvalue weighted by atomic mass is 10.3. The quantitative estimate of drug-likeness (QED) is 0.671. The number of amides is 2. The van der Waals surface area contributed by atoms with E-state index >= 15 is 0 Å². The maximum atomic E-state index is 11.0. The van der Waals surface area contributed by atoms with Crippen LogP contribution in [-0.2, 0) is 9.53 Å². The molecule has 0 aliphatic carbocycles. The molecule has 2 N–H and O–H groups in total. The summed E-state index contributed by atoms with van der Waals surface area (Å²) < 4.78 is 4.64. The summed E-state index contributed by atoms with van der Waals surface area (Å²) in [5.74, 6) is 0.114. The summed E-state index contributed by atoms with van der Waals surface area (Å²) in [6, 6.07) is 0. The van der Waals surface area contributed by atoms with E-state index in [2.05, 4.69) is 9.64 Å². The van der Waals surface area contributed by atoms with E-state index in [1.807, 2.05) is 4.90 Å². The second-order valence-electron chi connectivity index (χ2n) is 3.52. The van der Waals surface area contributed by atoms with E-state index in [0.717, 1.165) is 26.2 Å². The predicted octanol–water partition coefficient (Wildman–Crippen LogP) is -0.754. The molecule has 15 heavy (non-hydrogen) atoms.